The second-order valence-corrected chi connectivity index (χ2v) is 6.15. The molecule has 1 fully saturated rings. The number of hydrogen-bond acceptors (Lipinski definition) is 4. The van der Waals surface area contributed by atoms with Crippen LogP contribution in [0.15, 0.2) is 0 Å². The van der Waals surface area contributed by atoms with Crippen molar-refractivity contribution in [3.63, 3.8) is 0 Å². The van der Waals surface area contributed by atoms with E-state index in [2.05, 4.69) is 0 Å². The maximum absolute atomic E-state index is 12.3. The zero-order valence-electron chi connectivity index (χ0n) is 11.6. The van der Waals surface area contributed by atoms with E-state index in [0.717, 1.165) is 5.75 Å². The fourth-order valence-electron chi connectivity index (χ4n) is 2.17. The van der Waals surface area contributed by atoms with Crippen LogP contribution in [0.3, 0.4) is 0 Å². The van der Waals surface area contributed by atoms with Gasteiger partial charge in [0.2, 0.25) is 11.8 Å². The monoisotopic (exact) mass is 273 g/mol. The predicted octanol–water partition coefficient (Wildman–Crippen LogP) is 0.146. The highest BCUT2D eigenvalue weighted by molar-refractivity contribution is 7.98. The average molecular weight is 273 g/mol. The van der Waals surface area contributed by atoms with E-state index in [9.17, 15) is 9.59 Å². The lowest BCUT2D eigenvalue weighted by Gasteiger charge is -2.45. The van der Waals surface area contributed by atoms with Crippen LogP contribution >= 0.6 is 11.8 Å². The van der Waals surface area contributed by atoms with E-state index in [0.29, 0.717) is 19.5 Å². The quantitative estimate of drug-likeness (QED) is 0.791. The van der Waals surface area contributed by atoms with Crippen LogP contribution in [0.5, 0.6) is 0 Å². The molecule has 1 saturated heterocycles. The summed E-state index contributed by atoms with van der Waals surface area (Å²) in [5, 5.41) is 0. The van der Waals surface area contributed by atoms with Crippen molar-refractivity contribution in [3.8, 4) is 0 Å². The molecular weight excluding hydrogens is 250 g/mol. The van der Waals surface area contributed by atoms with Crippen molar-refractivity contribution in [3.05, 3.63) is 0 Å². The predicted molar refractivity (Wildman–Crippen MR) is 74.4 cm³/mol. The summed E-state index contributed by atoms with van der Waals surface area (Å²) in [5.41, 5.74) is 5.12. The van der Waals surface area contributed by atoms with Crippen LogP contribution in [0.4, 0.5) is 0 Å². The molecule has 0 radical (unpaired) electrons. The Labute approximate surface area is 113 Å². The Hall–Kier alpha value is -0.750. The number of piperazine rings is 1. The van der Waals surface area contributed by atoms with Crippen LogP contribution in [-0.4, -0.2) is 65.3 Å². The summed E-state index contributed by atoms with van der Waals surface area (Å²) < 4.78 is 0. The molecule has 0 aromatic rings. The van der Waals surface area contributed by atoms with Gasteiger partial charge in [-0.25, -0.2) is 0 Å². The van der Waals surface area contributed by atoms with Crippen molar-refractivity contribution < 1.29 is 9.59 Å². The lowest BCUT2D eigenvalue weighted by atomic mass is 9.96. The highest BCUT2D eigenvalue weighted by Gasteiger charge is 2.43. The maximum Gasteiger partial charge on any atom is 0.247 e. The Balaban J connectivity index is 2.76. The third-order valence-corrected chi connectivity index (χ3v) is 4.06. The van der Waals surface area contributed by atoms with Gasteiger partial charge in [-0.05, 0) is 32.3 Å². The molecule has 1 rings (SSSR count). The second-order valence-electron chi connectivity index (χ2n) is 5.16. The summed E-state index contributed by atoms with van der Waals surface area (Å²) in [6.07, 6.45) is 2.64. The molecule has 18 heavy (non-hydrogen) atoms. The normalized spacial score (nSPS) is 21.1. The molecule has 1 aliphatic heterocycles. The molecule has 1 atom stereocenters. The molecule has 0 aliphatic carbocycles. The molecular formula is C12H23N3O2S. The first-order valence-corrected chi connectivity index (χ1v) is 7.53. The number of thioether (sulfide) groups is 1. The third kappa shape index (κ3) is 2.98. The lowest BCUT2D eigenvalue weighted by Crippen LogP contribution is -2.65. The topological polar surface area (TPSA) is 66.6 Å². The first kappa shape index (κ1) is 15.3. The highest BCUT2D eigenvalue weighted by atomic mass is 32.2. The smallest absolute Gasteiger partial charge is 0.247 e. The second kappa shape index (κ2) is 5.93. The fraction of sp³-hybridized carbons (Fsp3) is 0.833. The number of amides is 2. The Morgan fingerprint density at radius 2 is 2.11 bits per heavy atom. The summed E-state index contributed by atoms with van der Waals surface area (Å²) >= 11 is 1.67. The number of hydrogen-bond donors (Lipinski definition) is 1. The van der Waals surface area contributed by atoms with E-state index < -0.39 is 11.6 Å². The Bertz CT molecular complexity index is 333. The summed E-state index contributed by atoms with van der Waals surface area (Å²) in [5.74, 6) is 0.712. The summed E-state index contributed by atoms with van der Waals surface area (Å²) in [7, 11) is 1.76. The Kier molecular flexibility index (Phi) is 5.04. The zero-order chi connectivity index (χ0) is 13.9. The summed E-state index contributed by atoms with van der Waals surface area (Å²) in [6.45, 7) is 4.69. The van der Waals surface area contributed by atoms with Gasteiger partial charge in [-0.2, -0.15) is 11.8 Å². The van der Waals surface area contributed by atoms with Gasteiger partial charge in [0.15, 0.2) is 0 Å². The number of likely N-dealkylation sites (N-methyl/N-ethyl adjacent to an activating group) is 1. The number of carbonyl (C=O) groups is 2. The molecule has 2 amide bonds. The minimum atomic E-state index is -0.791. The van der Waals surface area contributed by atoms with Gasteiger partial charge in [0, 0.05) is 20.1 Å². The molecule has 0 spiro atoms. The molecule has 104 valence electrons. The van der Waals surface area contributed by atoms with Crippen molar-refractivity contribution in [1.82, 2.24) is 9.80 Å². The molecule has 2 N–H and O–H groups in total. The van der Waals surface area contributed by atoms with Crippen molar-refractivity contribution in [2.24, 2.45) is 5.73 Å². The van der Waals surface area contributed by atoms with Gasteiger partial charge < -0.3 is 15.5 Å². The Morgan fingerprint density at radius 3 is 2.67 bits per heavy atom. The molecule has 5 nitrogen and oxygen atoms in total. The Morgan fingerprint density at radius 1 is 1.50 bits per heavy atom. The van der Waals surface area contributed by atoms with Gasteiger partial charge in [-0.3, -0.25) is 9.59 Å². The third-order valence-electron chi connectivity index (χ3n) is 3.42. The van der Waals surface area contributed by atoms with Gasteiger partial charge in [-0.1, -0.05) is 0 Å². The molecule has 0 saturated carbocycles. The van der Waals surface area contributed by atoms with Crippen LogP contribution in [0, 0.1) is 0 Å². The van der Waals surface area contributed by atoms with Gasteiger partial charge in [0.05, 0.1) is 6.04 Å². The number of nitrogens with two attached hydrogens (primary N) is 1. The lowest BCUT2D eigenvalue weighted by molar-refractivity contribution is -0.157. The van der Waals surface area contributed by atoms with Crippen LogP contribution < -0.4 is 5.73 Å². The number of carbonyl (C=O) groups excluding carboxylic acids is 2. The van der Waals surface area contributed by atoms with E-state index in [-0.39, 0.29) is 11.8 Å². The SMILES string of the molecule is CSCC[C@H](N)C(=O)N1CCN(C)C(=O)C1(C)C. The van der Waals surface area contributed by atoms with Gasteiger partial charge in [0.25, 0.3) is 0 Å². The van der Waals surface area contributed by atoms with E-state index >= 15 is 0 Å². The van der Waals surface area contributed by atoms with Gasteiger partial charge in [0.1, 0.15) is 5.54 Å². The zero-order valence-corrected chi connectivity index (χ0v) is 12.4. The first-order chi connectivity index (χ1) is 8.32. The minimum Gasteiger partial charge on any atom is -0.342 e. The first-order valence-electron chi connectivity index (χ1n) is 6.14. The highest BCUT2D eigenvalue weighted by Crippen LogP contribution is 2.22. The summed E-state index contributed by atoms with van der Waals surface area (Å²) in [6, 6.07) is -0.507. The number of rotatable bonds is 4. The fourth-order valence-corrected chi connectivity index (χ4v) is 2.66. The number of nitrogens with zero attached hydrogens (tertiary/aromatic N) is 2. The maximum atomic E-state index is 12.3. The molecule has 1 aliphatic rings. The molecule has 0 bridgehead atoms. The molecule has 0 aromatic heterocycles. The van der Waals surface area contributed by atoms with Crippen molar-refractivity contribution in [2.45, 2.75) is 31.8 Å². The van der Waals surface area contributed by atoms with E-state index in [1.165, 1.54) is 0 Å². The van der Waals surface area contributed by atoms with Crippen LogP contribution in [0.1, 0.15) is 20.3 Å². The van der Waals surface area contributed by atoms with E-state index in [4.69, 9.17) is 5.73 Å². The minimum absolute atomic E-state index is 0.0285. The van der Waals surface area contributed by atoms with Crippen LogP contribution in [0.2, 0.25) is 0 Å². The van der Waals surface area contributed by atoms with Crippen molar-refractivity contribution in [2.75, 3.05) is 32.1 Å². The summed E-state index contributed by atoms with van der Waals surface area (Å²) in [4.78, 5) is 27.7. The molecule has 0 unspecified atom stereocenters. The largest absolute Gasteiger partial charge is 0.342 e. The van der Waals surface area contributed by atoms with Crippen LogP contribution in [0.25, 0.3) is 0 Å². The van der Waals surface area contributed by atoms with E-state index in [1.54, 1.807) is 42.5 Å². The van der Waals surface area contributed by atoms with Gasteiger partial charge >= 0.3 is 0 Å². The van der Waals surface area contributed by atoms with Gasteiger partial charge in [-0.15, -0.1) is 0 Å². The van der Waals surface area contributed by atoms with Crippen LogP contribution in [-0.2, 0) is 9.59 Å². The van der Waals surface area contributed by atoms with Crippen molar-refractivity contribution >= 4 is 23.6 Å². The average Bonchev–Trinajstić information content (AvgIpc) is 2.32. The standard InChI is InChI=1S/C12H23N3O2S/c1-12(2)11(17)14(3)6-7-15(12)10(16)9(13)5-8-18-4/h9H,5-8,13H2,1-4H3/t9-/m0/s1. The van der Waals surface area contributed by atoms with E-state index in [1.807, 2.05) is 6.26 Å². The van der Waals surface area contributed by atoms with Crippen molar-refractivity contribution in [1.29, 1.82) is 0 Å². The molecule has 0 aromatic carbocycles. The molecule has 6 heteroatoms. The molecule has 1 heterocycles.